The number of carboxylic acids is 1. The van der Waals surface area contributed by atoms with Crippen LogP contribution in [-0.2, 0) is 16.1 Å². The van der Waals surface area contributed by atoms with E-state index in [1.165, 1.54) is 0 Å². The van der Waals surface area contributed by atoms with Crippen molar-refractivity contribution < 1.29 is 19.1 Å². The van der Waals surface area contributed by atoms with Crippen LogP contribution in [0.15, 0.2) is 65.1 Å². The Kier molecular flexibility index (Phi) is 6.77. The number of hydrogen-bond donors (Lipinski definition) is 1. The number of unbranched alkanes of at least 4 members (excludes halogenated alkanes) is 2. The normalized spacial score (nSPS) is 10.8. The molecule has 0 aliphatic rings. The van der Waals surface area contributed by atoms with Crippen molar-refractivity contribution in [1.29, 1.82) is 0 Å². The van der Waals surface area contributed by atoms with Crippen molar-refractivity contribution >= 4 is 5.97 Å². The maximum atomic E-state index is 10.5. The van der Waals surface area contributed by atoms with E-state index in [2.05, 4.69) is 4.98 Å². The highest BCUT2D eigenvalue weighted by Gasteiger charge is 2.16. The van der Waals surface area contributed by atoms with Gasteiger partial charge in [-0.15, -0.1) is 0 Å². The van der Waals surface area contributed by atoms with Crippen LogP contribution < -0.4 is 0 Å². The summed E-state index contributed by atoms with van der Waals surface area (Å²) in [5, 5.41) is 8.65. The average molecular weight is 365 g/mol. The molecule has 5 heteroatoms. The Hall–Kier alpha value is -2.92. The van der Waals surface area contributed by atoms with E-state index in [1.54, 1.807) is 0 Å². The minimum atomic E-state index is -0.751. The van der Waals surface area contributed by atoms with Gasteiger partial charge in [0.05, 0.1) is 6.61 Å². The van der Waals surface area contributed by atoms with Gasteiger partial charge in [-0.2, -0.15) is 0 Å². The lowest BCUT2D eigenvalue weighted by atomic mass is 10.1. The number of rotatable bonds is 10. The molecule has 0 bridgehead atoms. The Bertz CT molecular complexity index is 843. The van der Waals surface area contributed by atoms with Crippen LogP contribution in [0.4, 0.5) is 0 Å². The van der Waals surface area contributed by atoms with Gasteiger partial charge < -0.3 is 14.3 Å². The van der Waals surface area contributed by atoms with Gasteiger partial charge in [0.25, 0.3) is 0 Å². The molecule has 5 nitrogen and oxygen atoms in total. The summed E-state index contributed by atoms with van der Waals surface area (Å²) in [6.07, 6.45) is 2.56. The highest BCUT2D eigenvalue weighted by molar-refractivity contribution is 5.66. The first-order chi connectivity index (χ1) is 13.2. The monoisotopic (exact) mass is 365 g/mol. The molecule has 1 heterocycles. The van der Waals surface area contributed by atoms with Crippen LogP contribution in [-0.4, -0.2) is 22.7 Å². The standard InChI is InChI=1S/C22H23NO4/c24-20(25)14-8-3-9-15-26-16-19-21(17-10-4-1-5-11-17)27-22(23-19)18-12-6-2-7-13-18/h1-2,4-7,10-13H,3,8-9,14-16H2,(H,24,25). The highest BCUT2D eigenvalue weighted by atomic mass is 16.5. The van der Waals surface area contributed by atoms with Crippen LogP contribution in [0, 0.1) is 0 Å². The summed E-state index contributed by atoms with van der Waals surface area (Å²) in [5.74, 6) is 0.550. The first-order valence-electron chi connectivity index (χ1n) is 9.14. The summed E-state index contributed by atoms with van der Waals surface area (Å²) in [6, 6.07) is 19.7. The lowest BCUT2D eigenvalue weighted by Crippen LogP contribution is -1.99. The van der Waals surface area contributed by atoms with E-state index in [0.29, 0.717) is 25.5 Å². The molecule has 0 saturated heterocycles. The van der Waals surface area contributed by atoms with E-state index in [4.69, 9.17) is 14.3 Å². The van der Waals surface area contributed by atoms with Gasteiger partial charge in [-0.3, -0.25) is 4.79 Å². The molecule has 1 N–H and O–H groups in total. The molecule has 140 valence electrons. The quantitative estimate of drug-likeness (QED) is 0.502. The second-order valence-corrected chi connectivity index (χ2v) is 6.28. The molecule has 3 rings (SSSR count). The molecule has 3 aromatic rings. The first-order valence-corrected chi connectivity index (χ1v) is 9.14. The Morgan fingerprint density at radius 2 is 1.59 bits per heavy atom. The second kappa shape index (κ2) is 9.69. The molecule has 2 aromatic carbocycles. The van der Waals surface area contributed by atoms with Gasteiger partial charge in [0, 0.05) is 24.2 Å². The molecule has 0 aliphatic heterocycles. The maximum absolute atomic E-state index is 10.5. The Balaban J connectivity index is 1.66. The van der Waals surface area contributed by atoms with Crippen molar-refractivity contribution in [2.45, 2.75) is 32.3 Å². The largest absolute Gasteiger partial charge is 0.481 e. The number of oxazole rings is 1. The summed E-state index contributed by atoms with van der Waals surface area (Å²) in [7, 11) is 0. The Morgan fingerprint density at radius 3 is 2.26 bits per heavy atom. The van der Waals surface area contributed by atoms with E-state index < -0.39 is 5.97 Å². The number of carbonyl (C=O) groups is 1. The molecule has 27 heavy (non-hydrogen) atoms. The molecule has 0 saturated carbocycles. The lowest BCUT2D eigenvalue weighted by Gasteiger charge is -2.04. The number of carboxylic acid groups (broad SMARTS) is 1. The fourth-order valence-electron chi connectivity index (χ4n) is 2.79. The molecule has 1 aromatic heterocycles. The van der Waals surface area contributed by atoms with Gasteiger partial charge in [-0.1, -0.05) is 55.0 Å². The van der Waals surface area contributed by atoms with E-state index >= 15 is 0 Å². The molecule has 0 fully saturated rings. The number of aromatic nitrogens is 1. The van der Waals surface area contributed by atoms with Gasteiger partial charge in [0.15, 0.2) is 5.76 Å². The zero-order chi connectivity index (χ0) is 18.9. The number of aliphatic carboxylic acids is 1. The average Bonchev–Trinajstić information content (AvgIpc) is 3.12. The summed E-state index contributed by atoms with van der Waals surface area (Å²) in [5.41, 5.74) is 2.66. The van der Waals surface area contributed by atoms with Crippen LogP contribution in [0.1, 0.15) is 31.4 Å². The molecular weight excluding hydrogens is 342 g/mol. The highest BCUT2D eigenvalue weighted by Crippen LogP contribution is 2.30. The van der Waals surface area contributed by atoms with Gasteiger partial charge in [0.1, 0.15) is 5.69 Å². The van der Waals surface area contributed by atoms with Crippen molar-refractivity contribution in [2.24, 2.45) is 0 Å². The summed E-state index contributed by atoms with van der Waals surface area (Å²) >= 11 is 0. The third-order valence-electron chi connectivity index (χ3n) is 4.17. The van der Waals surface area contributed by atoms with Gasteiger partial charge in [0.2, 0.25) is 5.89 Å². The molecule has 0 atom stereocenters. The number of hydrogen-bond acceptors (Lipinski definition) is 4. The van der Waals surface area contributed by atoms with E-state index in [1.807, 2.05) is 60.7 Å². The number of ether oxygens (including phenoxy) is 1. The van der Waals surface area contributed by atoms with Gasteiger partial charge in [-0.05, 0) is 25.0 Å². The topological polar surface area (TPSA) is 72.6 Å². The van der Waals surface area contributed by atoms with Gasteiger partial charge >= 0.3 is 5.97 Å². The second-order valence-electron chi connectivity index (χ2n) is 6.28. The zero-order valence-corrected chi connectivity index (χ0v) is 15.1. The molecule has 0 unspecified atom stereocenters. The first kappa shape index (κ1) is 18.9. The molecule has 0 spiro atoms. The van der Waals surface area contributed by atoms with Crippen molar-refractivity contribution in [3.8, 4) is 22.8 Å². The predicted octanol–water partition coefficient (Wildman–Crippen LogP) is 5.17. The smallest absolute Gasteiger partial charge is 0.303 e. The Labute approximate surface area is 158 Å². The van der Waals surface area contributed by atoms with Crippen LogP contribution in [0.3, 0.4) is 0 Å². The molecule has 0 amide bonds. The van der Waals surface area contributed by atoms with Crippen LogP contribution in [0.5, 0.6) is 0 Å². The number of benzene rings is 2. The van der Waals surface area contributed by atoms with Crippen molar-refractivity contribution in [3.05, 3.63) is 66.4 Å². The molecule has 0 radical (unpaired) electrons. The fourth-order valence-corrected chi connectivity index (χ4v) is 2.79. The summed E-state index contributed by atoms with van der Waals surface area (Å²) in [6.45, 7) is 0.931. The summed E-state index contributed by atoms with van der Waals surface area (Å²) < 4.78 is 11.8. The van der Waals surface area contributed by atoms with E-state index in [-0.39, 0.29) is 6.42 Å². The van der Waals surface area contributed by atoms with Crippen molar-refractivity contribution in [1.82, 2.24) is 4.98 Å². The number of nitrogens with zero attached hydrogens (tertiary/aromatic N) is 1. The zero-order valence-electron chi connectivity index (χ0n) is 15.1. The Morgan fingerprint density at radius 1 is 0.926 bits per heavy atom. The van der Waals surface area contributed by atoms with Crippen LogP contribution in [0.2, 0.25) is 0 Å². The van der Waals surface area contributed by atoms with Crippen molar-refractivity contribution in [3.63, 3.8) is 0 Å². The fraction of sp³-hybridized carbons (Fsp3) is 0.273. The minimum Gasteiger partial charge on any atom is -0.481 e. The minimum absolute atomic E-state index is 0.210. The predicted molar refractivity (Wildman–Crippen MR) is 103 cm³/mol. The molecule has 0 aliphatic carbocycles. The lowest BCUT2D eigenvalue weighted by molar-refractivity contribution is -0.137. The van der Waals surface area contributed by atoms with Crippen molar-refractivity contribution in [2.75, 3.05) is 6.61 Å². The van der Waals surface area contributed by atoms with Crippen LogP contribution >= 0.6 is 0 Å². The third-order valence-corrected chi connectivity index (χ3v) is 4.17. The van der Waals surface area contributed by atoms with Crippen LogP contribution in [0.25, 0.3) is 22.8 Å². The SMILES string of the molecule is O=C(O)CCCCCOCc1nc(-c2ccccc2)oc1-c1ccccc1. The third kappa shape index (κ3) is 5.53. The summed E-state index contributed by atoms with van der Waals surface area (Å²) in [4.78, 5) is 15.2. The maximum Gasteiger partial charge on any atom is 0.303 e. The van der Waals surface area contributed by atoms with E-state index in [9.17, 15) is 4.79 Å². The van der Waals surface area contributed by atoms with Gasteiger partial charge in [-0.25, -0.2) is 4.98 Å². The van der Waals surface area contributed by atoms with E-state index in [0.717, 1.165) is 35.4 Å². The molecular formula is C22H23NO4.